The van der Waals surface area contributed by atoms with Gasteiger partial charge in [0.1, 0.15) is 5.75 Å². The van der Waals surface area contributed by atoms with E-state index in [4.69, 9.17) is 9.47 Å². The van der Waals surface area contributed by atoms with E-state index >= 15 is 0 Å². The van der Waals surface area contributed by atoms with Gasteiger partial charge in [-0.15, -0.1) is 0 Å². The number of benzene rings is 2. The molecule has 158 valence electrons. The fourth-order valence-electron chi connectivity index (χ4n) is 4.43. The number of ether oxygens (including phenoxy) is 2. The Kier molecular flexibility index (Phi) is 6.50. The highest BCUT2D eigenvalue weighted by Gasteiger charge is 2.29. The zero-order valence-corrected chi connectivity index (χ0v) is 18.1. The summed E-state index contributed by atoms with van der Waals surface area (Å²) in [4.78, 5) is 2.56. The molecule has 0 spiro atoms. The van der Waals surface area contributed by atoms with Crippen LogP contribution in [0.2, 0.25) is 0 Å². The molecule has 0 saturated carbocycles. The summed E-state index contributed by atoms with van der Waals surface area (Å²) in [6.07, 6.45) is 6.25. The maximum Gasteiger partial charge on any atom is 0.118 e. The Bertz CT molecular complexity index is 951. The Morgan fingerprint density at radius 3 is 2.67 bits per heavy atom. The van der Waals surface area contributed by atoms with E-state index < -0.39 is 0 Å². The second kappa shape index (κ2) is 9.45. The first-order valence-corrected chi connectivity index (χ1v) is 10.7. The molecule has 0 bridgehead atoms. The molecule has 2 atom stereocenters. The van der Waals surface area contributed by atoms with Gasteiger partial charge in [0.15, 0.2) is 0 Å². The number of rotatable bonds is 7. The van der Waals surface area contributed by atoms with Crippen LogP contribution in [0.25, 0.3) is 11.1 Å². The molecule has 1 saturated heterocycles. The Labute approximate surface area is 179 Å². The predicted molar refractivity (Wildman–Crippen MR) is 119 cm³/mol. The average Bonchev–Trinajstić information content (AvgIpc) is 3.22. The van der Waals surface area contributed by atoms with Crippen molar-refractivity contribution < 1.29 is 9.47 Å². The lowest BCUT2D eigenvalue weighted by atomic mass is 9.90. The summed E-state index contributed by atoms with van der Waals surface area (Å²) < 4.78 is 13.5. The topological polar surface area (TPSA) is 39.5 Å². The zero-order valence-electron chi connectivity index (χ0n) is 18.1. The van der Waals surface area contributed by atoms with Crippen molar-refractivity contribution >= 4 is 0 Å². The van der Waals surface area contributed by atoms with Gasteiger partial charge >= 0.3 is 0 Å². The van der Waals surface area contributed by atoms with E-state index in [-0.39, 0.29) is 6.10 Å². The van der Waals surface area contributed by atoms with E-state index in [1.807, 2.05) is 30.1 Å². The highest BCUT2D eigenvalue weighted by atomic mass is 16.5. The number of aryl methyl sites for hydroxylation is 1. The number of hydrogen-bond acceptors (Lipinski definition) is 4. The molecule has 5 heteroatoms. The summed E-state index contributed by atoms with van der Waals surface area (Å²) in [7, 11) is 3.67. The molecule has 1 aliphatic rings. The van der Waals surface area contributed by atoms with Crippen LogP contribution in [0.5, 0.6) is 5.75 Å². The highest BCUT2D eigenvalue weighted by molar-refractivity contribution is 5.68. The van der Waals surface area contributed by atoms with Crippen LogP contribution in [-0.4, -0.2) is 41.0 Å². The minimum Gasteiger partial charge on any atom is -0.497 e. The second-order valence-corrected chi connectivity index (χ2v) is 7.94. The molecule has 0 amide bonds. The lowest BCUT2D eigenvalue weighted by molar-refractivity contribution is -0.0292. The van der Waals surface area contributed by atoms with E-state index in [1.54, 1.807) is 7.11 Å². The third-order valence-corrected chi connectivity index (χ3v) is 6.03. The van der Waals surface area contributed by atoms with Crippen molar-refractivity contribution in [2.45, 2.75) is 38.5 Å². The summed E-state index contributed by atoms with van der Waals surface area (Å²) in [5.41, 5.74) is 4.96. The summed E-state index contributed by atoms with van der Waals surface area (Å²) in [6, 6.07) is 17.4. The fourth-order valence-corrected chi connectivity index (χ4v) is 4.43. The molecule has 5 nitrogen and oxygen atoms in total. The Morgan fingerprint density at radius 1 is 1.17 bits per heavy atom. The second-order valence-electron chi connectivity index (χ2n) is 7.94. The predicted octanol–water partition coefficient (Wildman–Crippen LogP) is 4.84. The van der Waals surface area contributed by atoms with E-state index in [2.05, 4.69) is 59.5 Å². The maximum atomic E-state index is 6.28. The maximum absolute atomic E-state index is 6.28. The molecule has 1 aliphatic heterocycles. The van der Waals surface area contributed by atoms with E-state index in [9.17, 15) is 0 Å². The molecular formula is C25H31N3O2. The molecule has 1 aromatic heterocycles. The van der Waals surface area contributed by atoms with Crippen molar-refractivity contribution in [1.82, 2.24) is 14.7 Å². The standard InChI is InChI=1S/C25H31N3O2/c1-4-28(18-19-16-26-27(2)17-19)21-13-14-30-25(15-21)24-8-6-5-7-23(24)20-9-11-22(29-3)12-10-20/h5-12,16-17,21,25H,4,13-15,18H2,1-3H3/t21-,25+/m0/s1. The van der Waals surface area contributed by atoms with Gasteiger partial charge in [-0.3, -0.25) is 9.58 Å². The van der Waals surface area contributed by atoms with Crippen LogP contribution in [0.1, 0.15) is 37.0 Å². The summed E-state index contributed by atoms with van der Waals surface area (Å²) >= 11 is 0. The lowest BCUT2D eigenvalue weighted by Gasteiger charge is -2.37. The van der Waals surface area contributed by atoms with Gasteiger partial charge in [-0.25, -0.2) is 0 Å². The molecule has 0 radical (unpaired) electrons. The van der Waals surface area contributed by atoms with Crippen molar-refractivity contribution in [3.05, 3.63) is 72.1 Å². The number of methoxy groups -OCH3 is 1. The third kappa shape index (κ3) is 4.58. The average molecular weight is 406 g/mol. The van der Waals surface area contributed by atoms with Crippen molar-refractivity contribution in [2.75, 3.05) is 20.3 Å². The van der Waals surface area contributed by atoms with E-state index in [1.165, 1.54) is 22.3 Å². The number of nitrogens with zero attached hydrogens (tertiary/aromatic N) is 3. The van der Waals surface area contributed by atoms with Crippen LogP contribution in [0.3, 0.4) is 0 Å². The monoisotopic (exact) mass is 405 g/mol. The minimum absolute atomic E-state index is 0.102. The van der Waals surface area contributed by atoms with Gasteiger partial charge in [-0.2, -0.15) is 5.10 Å². The van der Waals surface area contributed by atoms with Gasteiger partial charge in [0.25, 0.3) is 0 Å². The van der Waals surface area contributed by atoms with Crippen LogP contribution >= 0.6 is 0 Å². The van der Waals surface area contributed by atoms with Gasteiger partial charge in [0, 0.05) is 38.0 Å². The SMILES string of the molecule is CCN(Cc1cnn(C)c1)[C@H]1CCO[C@@H](c2ccccc2-c2ccc(OC)cc2)C1. The third-order valence-electron chi connectivity index (χ3n) is 6.03. The van der Waals surface area contributed by atoms with Crippen molar-refractivity contribution in [1.29, 1.82) is 0 Å². The molecule has 0 aliphatic carbocycles. The first kappa shape index (κ1) is 20.6. The fraction of sp³-hybridized carbons (Fsp3) is 0.400. The van der Waals surface area contributed by atoms with Crippen LogP contribution in [0, 0.1) is 0 Å². The highest BCUT2D eigenvalue weighted by Crippen LogP contribution is 2.37. The molecule has 2 heterocycles. The van der Waals surface area contributed by atoms with Gasteiger partial charge in [-0.05, 0) is 48.2 Å². The summed E-state index contributed by atoms with van der Waals surface area (Å²) in [5.74, 6) is 0.874. The van der Waals surface area contributed by atoms with E-state index in [0.29, 0.717) is 6.04 Å². The quantitative estimate of drug-likeness (QED) is 0.564. The first-order valence-electron chi connectivity index (χ1n) is 10.7. The van der Waals surface area contributed by atoms with Gasteiger partial charge in [-0.1, -0.05) is 43.3 Å². The summed E-state index contributed by atoms with van der Waals surface area (Å²) in [6.45, 7) is 4.98. The molecular weight excluding hydrogens is 374 g/mol. The van der Waals surface area contributed by atoms with Crippen molar-refractivity contribution in [3.8, 4) is 16.9 Å². The van der Waals surface area contributed by atoms with Crippen LogP contribution in [-0.2, 0) is 18.3 Å². The normalized spacial score (nSPS) is 19.2. The zero-order chi connectivity index (χ0) is 20.9. The van der Waals surface area contributed by atoms with Gasteiger partial charge in [0.05, 0.1) is 19.4 Å². The summed E-state index contributed by atoms with van der Waals surface area (Å²) in [5, 5.41) is 4.33. The van der Waals surface area contributed by atoms with E-state index in [0.717, 1.165) is 38.3 Å². The molecule has 3 aromatic rings. The Balaban J connectivity index is 1.54. The smallest absolute Gasteiger partial charge is 0.118 e. The number of hydrogen-bond donors (Lipinski definition) is 0. The van der Waals surface area contributed by atoms with Crippen LogP contribution in [0.4, 0.5) is 0 Å². The minimum atomic E-state index is 0.102. The molecule has 30 heavy (non-hydrogen) atoms. The van der Waals surface area contributed by atoms with Crippen LogP contribution in [0.15, 0.2) is 60.9 Å². The van der Waals surface area contributed by atoms with Crippen molar-refractivity contribution in [3.63, 3.8) is 0 Å². The Morgan fingerprint density at radius 2 is 1.97 bits per heavy atom. The lowest BCUT2D eigenvalue weighted by Crippen LogP contribution is -2.39. The van der Waals surface area contributed by atoms with Gasteiger partial charge in [0.2, 0.25) is 0 Å². The molecule has 1 fully saturated rings. The molecule has 0 unspecified atom stereocenters. The Hall–Kier alpha value is -2.63. The largest absolute Gasteiger partial charge is 0.497 e. The van der Waals surface area contributed by atoms with Gasteiger partial charge < -0.3 is 9.47 Å². The molecule has 4 rings (SSSR count). The van der Waals surface area contributed by atoms with Crippen molar-refractivity contribution in [2.24, 2.45) is 7.05 Å². The number of aromatic nitrogens is 2. The van der Waals surface area contributed by atoms with Crippen LogP contribution < -0.4 is 4.74 Å². The first-order chi connectivity index (χ1) is 14.7. The molecule has 2 aromatic carbocycles. The molecule has 0 N–H and O–H groups in total.